The second-order valence-corrected chi connectivity index (χ2v) is 5.51. The second kappa shape index (κ2) is 5.28. The van der Waals surface area contributed by atoms with Crippen LogP contribution in [0.25, 0.3) is 5.65 Å². The summed E-state index contributed by atoms with van der Waals surface area (Å²) in [5, 5.41) is 7.85. The van der Waals surface area contributed by atoms with E-state index < -0.39 is 0 Å². The summed E-state index contributed by atoms with van der Waals surface area (Å²) in [4.78, 5) is 4.41. The van der Waals surface area contributed by atoms with Gasteiger partial charge in [0.2, 0.25) is 0 Å². The van der Waals surface area contributed by atoms with Gasteiger partial charge in [-0.25, -0.2) is 9.50 Å². The van der Waals surface area contributed by atoms with Gasteiger partial charge < -0.3 is 16.8 Å². The molecule has 0 bridgehead atoms. The van der Waals surface area contributed by atoms with E-state index in [4.69, 9.17) is 11.5 Å². The summed E-state index contributed by atoms with van der Waals surface area (Å²) in [6, 6.07) is 0.332. The Morgan fingerprint density at radius 2 is 2.10 bits per heavy atom. The van der Waals surface area contributed by atoms with Gasteiger partial charge in [-0.1, -0.05) is 0 Å². The summed E-state index contributed by atoms with van der Waals surface area (Å²) in [6.45, 7) is 2.92. The van der Waals surface area contributed by atoms with Gasteiger partial charge in [-0.05, 0) is 38.5 Å². The predicted octanol–water partition coefficient (Wildman–Crippen LogP) is 1.73. The molecule has 0 aliphatic heterocycles. The molecule has 1 aliphatic carbocycles. The fourth-order valence-corrected chi connectivity index (χ4v) is 3.15. The molecule has 6 heteroatoms. The van der Waals surface area contributed by atoms with Gasteiger partial charge >= 0.3 is 0 Å². The molecule has 1 fully saturated rings. The molecule has 6 nitrogen and oxygen atoms in total. The van der Waals surface area contributed by atoms with E-state index in [0.717, 1.165) is 49.1 Å². The van der Waals surface area contributed by atoms with E-state index in [0.29, 0.717) is 17.8 Å². The molecule has 2 aromatic heterocycles. The van der Waals surface area contributed by atoms with Crippen LogP contribution in [0.2, 0.25) is 0 Å². The lowest BCUT2D eigenvalue weighted by Crippen LogP contribution is -2.26. The summed E-state index contributed by atoms with van der Waals surface area (Å²) in [5.74, 6) is 1.03. The molecule has 0 aromatic carbocycles. The van der Waals surface area contributed by atoms with E-state index in [1.807, 2.05) is 6.20 Å². The lowest BCUT2D eigenvalue weighted by Gasteiger charge is -2.28. The molecule has 2 heterocycles. The zero-order valence-corrected chi connectivity index (χ0v) is 11.8. The topological polar surface area (TPSA) is 94.3 Å². The third-order valence-corrected chi connectivity index (χ3v) is 4.14. The molecule has 1 saturated carbocycles. The van der Waals surface area contributed by atoms with Gasteiger partial charge in [-0.15, -0.1) is 5.10 Å². The maximum absolute atomic E-state index is 6.21. The standard InChI is InChI=1S/C14H22N6/c1-2-17-12-11(9-3-5-10(15)6-4-9)13(16)19-20-8-7-18-14(12)20/h7-10,17H,2-6,15H2,1H3,(H2,16,19)/t9-,10-. The van der Waals surface area contributed by atoms with Crippen LogP contribution in [0.4, 0.5) is 11.5 Å². The van der Waals surface area contributed by atoms with Crippen molar-refractivity contribution in [3.05, 3.63) is 18.0 Å². The number of fused-ring (bicyclic) bond motifs is 1. The third-order valence-electron chi connectivity index (χ3n) is 4.14. The van der Waals surface area contributed by atoms with Gasteiger partial charge in [0.05, 0.1) is 5.69 Å². The highest BCUT2D eigenvalue weighted by atomic mass is 15.3. The zero-order chi connectivity index (χ0) is 14.1. The molecule has 0 spiro atoms. The Kier molecular flexibility index (Phi) is 3.48. The highest BCUT2D eigenvalue weighted by molar-refractivity contribution is 5.76. The van der Waals surface area contributed by atoms with Crippen molar-refractivity contribution in [2.45, 2.75) is 44.6 Å². The molecule has 108 valence electrons. The highest BCUT2D eigenvalue weighted by Crippen LogP contribution is 2.39. The van der Waals surface area contributed by atoms with Gasteiger partial charge in [0, 0.05) is 30.5 Å². The number of nitrogens with zero attached hydrogens (tertiary/aromatic N) is 3. The molecule has 0 radical (unpaired) electrons. The van der Waals surface area contributed by atoms with Crippen LogP contribution in [0.3, 0.4) is 0 Å². The number of rotatable bonds is 3. The maximum atomic E-state index is 6.21. The van der Waals surface area contributed by atoms with Crippen LogP contribution in [0, 0.1) is 0 Å². The van der Waals surface area contributed by atoms with Gasteiger partial charge in [-0.3, -0.25) is 0 Å². The average Bonchev–Trinajstić information content (AvgIpc) is 2.88. The Bertz CT molecular complexity index is 597. The van der Waals surface area contributed by atoms with Crippen LogP contribution < -0.4 is 16.8 Å². The molecule has 0 saturated heterocycles. The van der Waals surface area contributed by atoms with E-state index in [1.54, 1.807) is 10.7 Å². The zero-order valence-electron chi connectivity index (χ0n) is 11.8. The lowest BCUT2D eigenvalue weighted by molar-refractivity contribution is 0.396. The Hall–Kier alpha value is -1.82. The Morgan fingerprint density at radius 3 is 2.80 bits per heavy atom. The van der Waals surface area contributed by atoms with Crippen molar-refractivity contribution >= 4 is 17.2 Å². The number of nitrogens with one attached hydrogen (secondary N) is 1. The van der Waals surface area contributed by atoms with Crippen LogP contribution in [-0.2, 0) is 0 Å². The first-order valence-corrected chi connectivity index (χ1v) is 7.32. The van der Waals surface area contributed by atoms with E-state index >= 15 is 0 Å². The van der Waals surface area contributed by atoms with Crippen LogP contribution in [0.15, 0.2) is 12.4 Å². The number of nitrogen functional groups attached to an aromatic ring is 1. The van der Waals surface area contributed by atoms with Crippen molar-refractivity contribution < 1.29 is 0 Å². The van der Waals surface area contributed by atoms with E-state index in [1.165, 1.54) is 0 Å². The van der Waals surface area contributed by atoms with Gasteiger partial charge in [-0.2, -0.15) is 0 Å². The lowest BCUT2D eigenvalue weighted by atomic mass is 9.81. The van der Waals surface area contributed by atoms with Crippen molar-refractivity contribution in [1.82, 2.24) is 14.6 Å². The summed E-state index contributed by atoms with van der Waals surface area (Å²) in [7, 11) is 0. The predicted molar refractivity (Wildman–Crippen MR) is 80.7 cm³/mol. The molecular formula is C14H22N6. The Balaban J connectivity index is 2.07. The number of aromatic nitrogens is 3. The van der Waals surface area contributed by atoms with Crippen molar-refractivity contribution in [2.24, 2.45) is 5.73 Å². The molecule has 3 rings (SSSR count). The fourth-order valence-electron chi connectivity index (χ4n) is 3.15. The number of hydrogen-bond acceptors (Lipinski definition) is 5. The molecule has 0 amide bonds. The van der Waals surface area contributed by atoms with Gasteiger partial charge in [0.25, 0.3) is 0 Å². The van der Waals surface area contributed by atoms with E-state index in [-0.39, 0.29) is 0 Å². The van der Waals surface area contributed by atoms with E-state index in [2.05, 4.69) is 22.3 Å². The Labute approximate surface area is 118 Å². The summed E-state index contributed by atoms with van der Waals surface area (Å²) >= 11 is 0. The number of imidazole rings is 1. The number of nitrogens with two attached hydrogens (primary N) is 2. The van der Waals surface area contributed by atoms with Crippen LogP contribution in [-0.4, -0.2) is 27.2 Å². The van der Waals surface area contributed by atoms with Crippen LogP contribution in [0.1, 0.15) is 44.1 Å². The van der Waals surface area contributed by atoms with Crippen molar-refractivity contribution in [3.8, 4) is 0 Å². The summed E-state index contributed by atoms with van der Waals surface area (Å²) in [5.41, 5.74) is 15.2. The summed E-state index contributed by atoms with van der Waals surface area (Å²) < 4.78 is 1.74. The normalized spacial score (nSPS) is 23.1. The average molecular weight is 274 g/mol. The van der Waals surface area contributed by atoms with Crippen LogP contribution in [0.5, 0.6) is 0 Å². The molecule has 2 aromatic rings. The first-order valence-electron chi connectivity index (χ1n) is 7.32. The SMILES string of the molecule is CCNc1c2nccn2nc(N)c1[C@H]1CC[C@H](N)CC1. The minimum atomic E-state index is 0.332. The Morgan fingerprint density at radius 1 is 1.35 bits per heavy atom. The molecule has 20 heavy (non-hydrogen) atoms. The number of hydrogen-bond donors (Lipinski definition) is 3. The second-order valence-electron chi connectivity index (χ2n) is 5.51. The van der Waals surface area contributed by atoms with E-state index in [9.17, 15) is 0 Å². The monoisotopic (exact) mass is 274 g/mol. The minimum absolute atomic E-state index is 0.332. The molecule has 0 unspecified atom stereocenters. The minimum Gasteiger partial charge on any atom is -0.382 e. The largest absolute Gasteiger partial charge is 0.382 e. The van der Waals surface area contributed by atoms with Crippen LogP contribution >= 0.6 is 0 Å². The first-order chi connectivity index (χ1) is 9.70. The first kappa shape index (κ1) is 13.2. The summed E-state index contributed by atoms with van der Waals surface area (Å²) in [6.07, 6.45) is 7.82. The van der Waals surface area contributed by atoms with Crippen molar-refractivity contribution in [3.63, 3.8) is 0 Å². The van der Waals surface area contributed by atoms with Crippen molar-refractivity contribution in [2.75, 3.05) is 17.6 Å². The highest BCUT2D eigenvalue weighted by Gasteiger charge is 2.26. The fraction of sp³-hybridized carbons (Fsp3) is 0.571. The van der Waals surface area contributed by atoms with Gasteiger partial charge in [0.15, 0.2) is 5.65 Å². The molecule has 0 atom stereocenters. The quantitative estimate of drug-likeness (QED) is 0.792. The smallest absolute Gasteiger partial charge is 0.177 e. The number of anilines is 2. The third kappa shape index (κ3) is 2.20. The van der Waals surface area contributed by atoms with Gasteiger partial charge in [0.1, 0.15) is 5.82 Å². The van der Waals surface area contributed by atoms with Crippen molar-refractivity contribution in [1.29, 1.82) is 0 Å². The molecular weight excluding hydrogens is 252 g/mol. The molecule has 1 aliphatic rings. The maximum Gasteiger partial charge on any atom is 0.177 e. The molecule has 5 N–H and O–H groups in total.